The molecule has 0 saturated carbocycles. The number of nitrogens with zero attached hydrogens (tertiary/aromatic N) is 3. The highest BCUT2D eigenvalue weighted by Gasteiger charge is 2.19. The predicted octanol–water partition coefficient (Wildman–Crippen LogP) is 4.87. The molecule has 0 radical (unpaired) electrons. The number of fused-ring (bicyclic) bond motifs is 1. The predicted molar refractivity (Wildman–Crippen MR) is 110 cm³/mol. The van der Waals surface area contributed by atoms with Crippen LogP contribution >= 0.6 is 23.1 Å². The van der Waals surface area contributed by atoms with Crippen molar-refractivity contribution in [1.82, 2.24) is 9.55 Å². The molecule has 0 unspecified atom stereocenters. The molecule has 26 heavy (non-hydrogen) atoms. The molecule has 3 aromatic rings. The van der Waals surface area contributed by atoms with Crippen molar-refractivity contribution in [3.63, 3.8) is 0 Å². The van der Waals surface area contributed by atoms with Gasteiger partial charge in [-0.1, -0.05) is 48.2 Å². The van der Waals surface area contributed by atoms with Gasteiger partial charge in [-0.05, 0) is 25.0 Å². The molecule has 1 atom stereocenters. The van der Waals surface area contributed by atoms with Crippen LogP contribution in [0.4, 0.5) is 0 Å². The van der Waals surface area contributed by atoms with Crippen molar-refractivity contribution < 1.29 is 0 Å². The Hall–Kier alpha value is -2.36. The largest absolute Gasteiger partial charge is 0.283 e. The van der Waals surface area contributed by atoms with Crippen molar-refractivity contribution in [2.45, 2.75) is 25.5 Å². The SMILES string of the molecule is C=CCn1c(SC[C@H](C)C#N)nc2sc(-c3ccccc3)c(C)c2c1=O. The molecule has 0 fully saturated rings. The molecule has 2 aromatic heterocycles. The van der Waals surface area contributed by atoms with Crippen LogP contribution in [0.3, 0.4) is 0 Å². The lowest BCUT2D eigenvalue weighted by molar-refractivity contribution is 0.671. The Kier molecular flexibility index (Phi) is 5.60. The van der Waals surface area contributed by atoms with E-state index >= 15 is 0 Å². The molecule has 4 nitrogen and oxygen atoms in total. The number of hydrogen-bond donors (Lipinski definition) is 0. The van der Waals surface area contributed by atoms with Crippen LogP contribution in [0, 0.1) is 24.2 Å². The first-order valence-corrected chi connectivity index (χ1v) is 10.1. The molecule has 6 heteroatoms. The van der Waals surface area contributed by atoms with Crippen molar-refractivity contribution in [1.29, 1.82) is 5.26 Å². The van der Waals surface area contributed by atoms with E-state index in [1.165, 1.54) is 11.8 Å². The third-order valence-corrected chi connectivity index (χ3v) is 6.52. The molecule has 0 aliphatic heterocycles. The van der Waals surface area contributed by atoms with E-state index in [-0.39, 0.29) is 11.5 Å². The topological polar surface area (TPSA) is 58.7 Å². The van der Waals surface area contributed by atoms with Gasteiger partial charge in [0.15, 0.2) is 5.16 Å². The van der Waals surface area contributed by atoms with Crippen LogP contribution in [0.15, 0.2) is 52.9 Å². The average molecular weight is 382 g/mol. The van der Waals surface area contributed by atoms with Gasteiger partial charge in [-0.3, -0.25) is 9.36 Å². The lowest BCUT2D eigenvalue weighted by Gasteiger charge is -2.10. The quantitative estimate of drug-likeness (QED) is 0.347. The second-order valence-electron chi connectivity index (χ2n) is 6.04. The van der Waals surface area contributed by atoms with E-state index in [0.717, 1.165) is 20.8 Å². The van der Waals surface area contributed by atoms with Gasteiger partial charge in [0.25, 0.3) is 5.56 Å². The average Bonchev–Trinajstić information content (AvgIpc) is 2.99. The summed E-state index contributed by atoms with van der Waals surface area (Å²) >= 11 is 2.99. The van der Waals surface area contributed by atoms with Gasteiger partial charge in [-0.25, -0.2) is 4.98 Å². The van der Waals surface area contributed by atoms with Crippen molar-refractivity contribution in [3.8, 4) is 16.5 Å². The van der Waals surface area contributed by atoms with Crippen LogP contribution in [-0.2, 0) is 6.54 Å². The van der Waals surface area contributed by atoms with Gasteiger partial charge < -0.3 is 0 Å². The van der Waals surface area contributed by atoms with Crippen molar-refractivity contribution >= 4 is 33.3 Å². The Balaban J connectivity index is 2.18. The number of aromatic nitrogens is 2. The molecule has 1 aromatic carbocycles. The molecule has 0 aliphatic carbocycles. The summed E-state index contributed by atoms with van der Waals surface area (Å²) in [4.78, 5) is 19.7. The van der Waals surface area contributed by atoms with Gasteiger partial charge in [-0.15, -0.1) is 17.9 Å². The lowest BCUT2D eigenvalue weighted by atomic mass is 10.1. The highest BCUT2D eigenvalue weighted by atomic mass is 32.2. The Morgan fingerprint density at radius 1 is 1.42 bits per heavy atom. The fourth-order valence-corrected chi connectivity index (χ4v) is 4.88. The maximum absolute atomic E-state index is 13.1. The normalized spacial score (nSPS) is 12.0. The summed E-state index contributed by atoms with van der Waals surface area (Å²) in [6.45, 7) is 8.01. The third-order valence-electron chi connectivity index (χ3n) is 4.05. The van der Waals surface area contributed by atoms with Gasteiger partial charge in [0.1, 0.15) is 4.83 Å². The minimum Gasteiger partial charge on any atom is -0.283 e. The van der Waals surface area contributed by atoms with E-state index in [9.17, 15) is 4.79 Å². The third kappa shape index (κ3) is 3.46. The molecule has 0 amide bonds. The molecule has 0 aliphatic rings. The summed E-state index contributed by atoms with van der Waals surface area (Å²) in [6.07, 6.45) is 1.70. The Bertz CT molecular complexity index is 1040. The summed E-state index contributed by atoms with van der Waals surface area (Å²) in [5, 5.41) is 10.3. The number of hydrogen-bond acceptors (Lipinski definition) is 5. The summed E-state index contributed by atoms with van der Waals surface area (Å²) in [7, 11) is 0. The smallest absolute Gasteiger partial charge is 0.263 e. The van der Waals surface area contributed by atoms with Crippen LogP contribution in [0.5, 0.6) is 0 Å². The number of aryl methyl sites for hydroxylation is 1. The molecular formula is C20H19N3OS2. The Morgan fingerprint density at radius 3 is 2.81 bits per heavy atom. The molecule has 0 saturated heterocycles. The summed E-state index contributed by atoms with van der Waals surface area (Å²) < 4.78 is 1.65. The van der Waals surface area contributed by atoms with Gasteiger partial charge >= 0.3 is 0 Å². The fraction of sp³-hybridized carbons (Fsp3) is 0.250. The molecule has 0 N–H and O–H groups in total. The molecule has 132 valence electrons. The highest BCUT2D eigenvalue weighted by Crippen LogP contribution is 2.36. The number of thioether (sulfide) groups is 1. The summed E-state index contributed by atoms with van der Waals surface area (Å²) in [5.74, 6) is 0.497. The van der Waals surface area contributed by atoms with Crippen LogP contribution in [0.2, 0.25) is 0 Å². The van der Waals surface area contributed by atoms with Crippen molar-refractivity contribution in [2.75, 3.05) is 5.75 Å². The van der Waals surface area contributed by atoms with Crippen LogP contribution in [-0.4, -0.2) is 15.3 Å². The number of thiophene rings is 1. The molecule has 2 heterocycles. The zero-order chi connectivity index (χ0) is 18.7. The zero-order valence-electron chi connectivity index (χ0n) is 14.7. The van der Waals surface area contributed by atoms with Crippen molar-refractivity contribution in [2.24, 2.45) is 5.92 Å². The van der Waals surface area contributed by atoms with Gasteiger partial charge in [0.05, 0.1) is 17.4 Å². The first-order valence-electron chi connectivity index (χ1n) is 8.29. The monoisotopic (exact) mass is 381 g/mol. The highest BCUT2D eigenvalue weighted by molar-refractivity contribution is 7.99. The van der Waals surface area contributed by atoms with E-state index in [1.807, 2.05) is 44.2 Å². The maximum atomic E-state index is 13.1. The molecule has 0 spiro atoms. The zero-order valence-corrected chi connectivity index (χ0v) is 16.4. The minimum atomic E-state index is -0.102. The van der Waals surface area contributed by atoms with E-state index in [0.29, 0.717) is 22.8 Å². The maximum Gasteiger partial charge on any atom is 0.263 e. The summed E-state index contributed by atoms with van der Waals surface area (Å²) in [5.41, 5.74) is 2.02. The summed E-state index contributed by atoms with van der Waals surface area (Å²) in [6, 6.07) is 12.3. The molecule has 3 rings (SSSR count). The van der Waals surface area contributed by atoms with E-state index in [4.69, 9.17) is 10.2 Å². The van der Waals surface area contributed by atoms with Gasteiger partial charge in [-0.2, -0.15) is 5.26 Å². The molecular weight excluding hydrogens is 362 g/mol. The van der Waals surface area contributed by atoms with E-state index in [1.54, 1.807) is 22.0 Å². The Labute approximate surface area is 160 Å². The first kappa shape index (κ1) is 18.4. The van der Waals surface area contributed by atoms with Crippen LogP contribution in [0.1, 0.15) is 12.5 Å². The first-order chi connectivity index (χ1) is 12.6. The number of benzene rings is 1. The lowest BCUT2D eigenvalue weighted by Crippen LogP contribution is -2.23. The van der Waals surface area contributed by atoms with Gasteiger partial charge in [0.2, 0.25) is 0 Å². The standard InChI is InChI=1S/C20H19N3OS2/c1-4-10-23-19(24)16-14(3)17(15-8-6-5-7-9-15)26-18(16)22-20(23)25-12-13(2)11-21/h4-9,13H,1,10,12H2,2-3H3/t13-/m1/s1. The second kappa shape index (κ2) is 7.90. The van der Waals surface area contributed by atoms with E-state index in [2.05, 4.69) is 12.6 Å². The molecule has 0 bridgehead atoms. The number of nitriles is 1. The van der Waals surface area contributed by atoms with Crippen LogP contribution in [0.25, 0.3) is 20.7 Å². The second-order valence-corrected chi connectivity index (χ2v) is 8.03. The number of allylic oxidation sites excluding steroid dienone is 1. The minimum absolute atomic E-state index is 0.0436. The van der Waals surface area contributed by atoms with Gasteiger partial charge in [0, 0.05) is 17.2 Å². The van der Waals surface area contributed by atoms with Crippen LogP contribution < -0.4 is 5.56 Å². The Morgan fingerprint density at radius 2 is 2.15 bits per heavy atom. The van der Waals surface area contributed by atoms with Crippen molar-refractivity contribution in [3.05, 3.63) is 58.9 Å². The van der Waals surface area contributed by atoms with E-state index < -0.39 is 0 Å². The fourth-order valence-electron chi connectivity index (χ4n) is 2.70. The number of rotatable bonds is 6.